The van der Waals surface area contributed by atoms with E-state index >= 15 is 0 Å². The van der Waals surface area contributed by atoms with E-state index in [4.69, 9.17) is 4.42 Å². The summed E-state index contributed by atoms with van der Waals surface area (Å²) in [5.74, 6) is -0.410. The lowest BCUT2D eigenvalue weighted by atomic mass is 10.1. The molecule has 138 valence electrons. The van der Waals surface area contributed by atoms with Crippen LogP contribution in [0.3, 0.4) is 0 Å². The zero-order chi connectivity index (χ0) is 19.7. The molecule has 0 bridgehead atoms. The van der Waals surface area contributed by atoms with Crippen LogP contribution in [0.4, 0.5) is 5.13 Å². The van der Waals surface area contributed by atoms with Crippen LogP contribution in [-0.4, -0.2) is 16.7 Å². The first kappa shape index (κ1) is 17.8. The second-order valence-corrected chi connectivity index (χ2v) is 6.97. The fourth-order valence-electron chi connectivity index (χ4n) is 2.72. The lowest BCUT2D eigenvalue weighted by molar-refractivity contribution is 0.100. The van der Waals surface area contributed by atoms with Gasteiger partial charge in [-0.3, -0.25) is 14.9 Å². The van der Waals surface area contributed by atoms with Crippen molar-refractivity contribution in [3.8, 4) is 11.3 Å². The molecule has 0 aliphatic heterocycles. The number of thiazole rings is 1. The Hall–Kier alpha value is -3.58. The van der Waals surface area contributed by atoms with E-state index in [9.17, 15) is 14.4 Å². The average Bonchev–Trinajstić information content (AvgIpc) is 3.15. The number of para-hydroxylation sites is 1. The lowest BCUT2D eigenvalue weighted by Crippen LogP contribution is -2.12. The van der Waals surface area contributed by atoms with Crippen molar-refractivity contribution < 1.29 is 14.0 Å². The molecule has 1 amide bonds. The minimum absolute atomic E-state index is 0.0641. The van der Waals surface area contributed by atoms with Gasteiger partial charge in [0.1, 0.15) is 5.58 Å². The molecule has 0 aliphatic rings. The normalized spacial score (nSPS) is 10.8. The van der Waals surface area contributed by atoms with Crippen LogP contribution in [0.5, 0.6) is 0 Å². The Labute approximate surface area is 163 Å². The summed E-state index contributed by atoms with van der Waals surface area (Å²) in [6.45, 7) is 1.47. The molecule has 7 heteroatoms. The topological polar surface area (TPSA) is 89.3 Å². The first-order chi connectivity index (χ1) is 13.5. The van der Waals surface area contributed by atoms with Gasteiger partial charge in [-0.05, 0) is 31.2 Å². The summed E-state index contributed by atoms with van der Waals surface area (Å²) in [7, 11) is 0. The number of hydrogen-bond acceptors (Lipinski definition) is 6. The van der Waals surface area contributed by atoms with Crippen molar-refractivity contribution in [2.75, 3.05) is 5.32 Å². The maximum absolute atomic E-state index is 12.4. The minimum Gasteiger partial charge on any atom is -0.422 e. The van der Waals surface area contributed by atoms with Crippen molar-refractivity contribution in [2.45, 2.75) is 6.92 Å². The van der Waals surface area contributed by atoms with Crippen molar-refractivity contribution in [1.82, 2.24) is 4.98 Å². The summed E-state index contributed by atoms with van der Waals surface area (Å²) in [6.07, 6.45) is 0. The van der Waals surface area contributed by atoms with Gasteiger partial charge in [-0.2, -0.15) is 0 Å². The van der Waals surface area contributed by atoms with Gasteiger partial charge in [0, 0.05) is 21.9 Å². The summed E-state index contributed by atoms with van der Waals surface area (Å²) >= 11 is 1.21. The number of hydrogen-bond donors (Lipinski definition) is 1. The van der Waals surface area contributed by atoms with E-state index in [-0.39, 0.29) is 11.7 Å². The van der Waals surface area contributed by atoms with Gasteiger partial charge in [-0.15, -0.1) is 11.3 Å². The third-order valence-corrected chi connectivity index (χ3v) is 4.95. The number of fused-ring (bicyclic) bond motifs is 1. The molecule has 6 nitrogen and oxygen atoms in total. The number of carbonyl (C=O) groups is 2. The molecule has 0 saturated heterocycles. The van der Waals surface area contributed by atoms with Gasteiger partial charge in [0.25, 0.3) is 5.91 Å². The van der Waals surface area contributed by atoms with Crippen molar-refractivity contribution in [2.24, 2.45) is 0 Å². The van der Waals surface area contributed by atoms with E-state index in [2.05, 4.69) is 10.3 Å². The Balaban J connectivity index is 1.58. The maximum Gasteiger partial charge on any atom is 0.345 e. The Kier molecular flexibility index (Phi) is 4.58. The predicted octanol–water partition coefficient (Wildman–Crippen LogP) is 4.37. The molecular formula is C21H14N2O4S. The van der Waals surface area contributed by atoms with Gasteiger partial charge < -0.3 is 4.42 Å². The van der Waals surface area contributed by atoms with Crippen LogP contribution in [0.15, 0.2) is 69.2 Å². The van der Waals surface area contributed by atoms with Gasteiger partial charge in [0.05, 0.1) is 11.3 Å². The van der Waals surface area contributed by atoms with Crippen LogP contribution in [0.1, 0.15) is 27.6 Å². The second-order valence-electron chi connectivity index (χ2n) is 6.11. The van der Waals surface area contributed by atoms with Crippen LogP contribution in [0, 0.1) is 0 Å². The maximum atomic E-state index is 12.4. The highest BCUT2D eigenvalue weighted by atomic mass is 32.1. The number of anilines is 1. The van der Waals surface area contributed by atoms with E-state index in [1.165, 1.54) is 18.3 Å². The number of nitrogens with zero attached hydrogens (tertiary/aromatic N) is 1. The highest BCUT2D eigenvalue weighted by Gasteiger charge is 2.14. The number of amides is 1. The Bertz CT molecular complexity index is 1260. The number of nitrogens with one attached hydrogen (secondary N) is 1. The summed E-state index contributed by atoms with van der Waals surface area (Å²) in [5, 5.41) is 5.55. The van der Waals surface area contributed by atoms with E-state index in [1.807, 2.05) is 12.1 Å². The van der Waals surface area contributed by atoms with Crippen LogP contribution in [-0.2, 0) is 0 Å². The van der Waals surface area contributed by atoms with E-state index in [1.54, 1.807) is 47.8 Å². The lowest BCUT2D eigenvalue weighted by Gasteiger charge is -2.02. The molecule has 2 aromatic heterocycles. The largest absolute Gasteiger partial charge is 0.422 e. The molecule has 0 fully saturated rings. The molecule has 4 rings (SSSR count). The minimum atomic E-state index is -0.485. The number of ketones is 1. The number of Topliss-reactive ketones (excluding diaryl/α,β-unsaturated/α-hetero) is 1. The molecule has 4 aromatic rings. The first-order valence-corrected chi connectivity index (χ1v) is 9.30. The number of rotatable bonds is 4. The zero-order valence-corrected chi connectivity index (χ0v) is 15.6. The van der Waals surface area contributed by atoms with Gasteiger partial charge in [-0.1, -0.05) is 30.3 Å². The van der Waals surface area contributed by atoms with Crippen molar-refractivity contribution in [3.63, 3.8) is 0 Å². The number of aromatic nitrogens is 1. The fraction of sp³-hybridized carbons (Fsp3) is 0.0476. The van der Waals surface area contributed by atoms with E-state index in [0.29, 0.717) is 33.1 Å². The van der Waals surface area contributed by atoms with E-state index < -0.39 is 5.63 Å². The SMILES string of the molecule is CC(=O)c1ccc(C(=O)Nc2nc(-c3cc4ccccc4oc3=O)cs2)cc1. The van der Waals surface area contributed by atoms with Crippen LogP contribution >= 0.6 is 11.3 Å². The molecule has 0 unspecified atom stereocenters. The smallest absolute Gasteiger partial charge is 0.345 e. The van der Waals surface area contributed by atoms with Crippen molar-refractivity contribution >= 4 is 39.1 Å². The summed E-state index contributed by atoms with van der Waals surface area (Å²) in [4.78, 5) is 40.3. The molecule has 28 heavy (non-hydrogen) atoms. The molecular weight excluding hydrogens is 376 g/mol. The molecule has 2 heterocycles. The highest BCUT2D eigenvalue weighted by Crippen LogP contribution is 2.25. The molecule has 0 saturated carbocycles. The summed E-state index contributed by atoms with van der Waals surface area (Å²) in [6, 6.07) is 15.3. The van der Waals surface area contributed by atoms with Crippen LogP contribution < -0.4 is 10.9 Å². The molecule has 0 atom stereocenters. The highest BCUT2D eigenvalue weighted by molar-refractivity contribution is 7.14. The number of benzene rings is 2. The van der Waals surface area contributed by atoms with Crippen LogP contribution in [0.25, 0.3) is 22.2 Å². The fourth-order valence-corrected chi connectivity index (χ4v) is 3.43. The zero-order valence-electron chi connectivity index (χ0n) is 14.8. The van der Waals surface area contributed by atoms with Crippen molar-refractivity contribution in [1.29, 1.82) is 0 Å². The Morgan fingerprint density at radius 2 is 1.75 bits per heavy atom. The molecule has 1 N–H and O–H groups in total. The van der Waals surface area contributed by atoms with E-state index in [0.717, 1.165) is 5.39 Å². The quantitative estimate of drug-likeness (QED) is 0.413. The molecule has 0 spiro atoms. The monoisotopic (exact) mass is 390 g/mol. The third kappa shape index (κ3) is 3.47. The first-order valence-electron chi connectivity index (χ1n) is 8.42. The van der Waals surface area contributed by atoms with Gasteiger partial charge in [0.15, 0.2) is 10.9 Å². The Morgan fingerprint density at radius 1 is 1.04 bits per heavy atom. The van der Waals surface area contributed by atoms with Gasteiger partial charge >= 0.3 is 5.63 Å². The molecule has 2 aromatic carbocycles. The molecule has 0 aliphatic carbocycles. The third-order valence-electron chi connectivity index (χ3n) is 4.20. The summed E-state index contributed by atoms with van der Waals surface area (Å²) in [5.41, 5.74) is 1.74. The average molecular weight is 390 g/mol. The second kappa shape index (κ2) is 7.21. The van der Waals surface area contributed by atoms with Gasteiger partial charge in [0.2, 0.25) is 0 Å². The molecule has 0 radical (unpaired) electrons. The Morgan fingerprint density at radius 3 is 2.50 bits per heavy atom. The summed E-state index contributed by atoms with van der Waals surface area (Å²) < 4.78 is 5.33. The van der Waals surface area contributed by atoms with Crippen molar-refractivity contribution in [3.05, 3.63) is 81.5 Å². The predicted molar refractivity (Wildman–Crippen MR) is 108 cm³/mol. The van der Waals surface area contributed by atoms with Gasteiger partial charge in [-0.25, -0.2) is 9.78 Å². The van der Waals surface area contributed by atoms with Crippen LogP contribution in [0.2, 0.25) is 0 Å². The standard InChI is InChI=1S/C21H14N2O4S/c1-12(24)13-6-8-14(9-7-13)19(25)23-21-22-17(11-28-21)16-10-15-4-2-3-5-18(15)27-20(16)26/h2-11H,1H3,(H,22,23,25). The number of carbonyl (C=O) groups excluding carboxylic acids is 2.